The first-order valence-electron chi connectivity index (χ1n) is 6.45. The molecule has 1 heterocycles. The quantitative estimate of drug-likeness (QED) is 0.932. The van der Waals surface area contributed by atoms with E-state index in [1.165, 1.54) is 0 Å². The number of ether oxygens (including phenoxy) is 2. The van der Waals surface area contributed by atoms with Crippen molar-refractivity contribution in [3.63, 3.8) is 0 Å². The molecule has 1 atom stereocenters. The van der Waals surface area contributed by atoms with Gasteiger partial charge in [-0.2, -0.15) is 0 Å². The number of rotatable bonds is 3. The lowest BCUT2D eigenvalue weighted by Crippen LogP contribution is -2.50. The summed E-state index contributed by atoms with van der Waals surface area (Å²) < 4.78 is 11.4. The highest BCUT2D eigenvalue weighted by molar-refractivity contribution is 5.99. The average Bonchev–Trinajstić information content (AvgIpc) is 2.48. The van der Waals surface area contributed by atoms with E-state index in [1.807, 2.05) is 42.5 Å². The van der Waals surface area contributed by atoms with Crippen LogP contribution in [0.25, 0.3) is 0 Å². The fraction of sp³-hybridized carbons (Fsp3) is 0.188. The van der Waals surface area contributed by atoms with E-state index in [1.54, 1.807) is 19.1 Å². The van der Waals surface area contributed by atoms with Crippen LogP contribution in [0.5, 0.6) is 5.75 Å². The minimum atomic E-state index is -1.32. The standard InChI is InChI=1S/C16H15NO3/c1-16(19-11-12-7-3-2-4-8-12)15(18)17-13-9-5-6-10-14(13)20-16/h2-10H,11H2,1H3,(H,17,18)/t16-/m0/s1. The lowest BCUT2D eigenvalue weighted by molar-refractivity contribution is -0.189. The molecule has 0 fully saturated rings. The highest BCUT2D eigenvalue weighted by Gasteiger charge is 2.41. The van der Waals surface area contributed by atoms with Crippen LogP contribution in [0.1, 0.15) is 12.5 Å². The number of hydrogen-bond acceptors (Lipinski definition) is 3. The molecule has 0 radical (unpaired) electrons. The summed E-state index contributed by atoms with van der Waals surface area (Å²) in [6.07, 6.45) is 0. The highest BCUT2D eigenvalue weighted by atomic mass is 16.7. The Labute approximate surface area is 117 Å². The monoisotopic (exact) mass is 269 g/mol. The van der Waals surface area contributed by atoms with E-state index >= 15 is 0 Å². The second-order valence-corrected chi connectivity index (χ2v) is 4.77. The summed E-state index contributed by atoms with van der Waals surface area (Å²) in [5, 5.41) is 2.80. The van der Waals surface area contributed by atoms with Crippen LogP contribution >= 0.6 is 0 Å². The molecular weight excluding hydrogens is 254 g/mol. The molecule has 1 N–H and O–H groups in total. The molecule has 4 heteroatoms. The number of hydrogen-bond donors (Lipinski definition) is 1. The van der Waals surface area contributed by atoms with Gasteiger partial charge in [0.05, 0.1) is 12.3 Å². The minimum absolute atomic E-state index is 0.299. The van der Waals surface area contributed by atoms with E-state index in [-0.39, 0.29) is 5.91 Å². The number of para-hydroxylation sites is 2. The highest BCUT2D eigenvalue weighted by Crippen LogP contribution is 2.34. The SMILES string of the molecule is C[C@]1(OCc2ccccc2)Oc2ccccc2NC1=O. The summed E-state index contributed by atoms with van der Waals surface area (Å²) in [6, 6.07) is 17.0. The van der Waals surface area contributed by atoms with Crippen LogP contribution in [-0.4, -0.2) is 11.7 Å². The van der Waals surface area contributed by atoms with Crippen molar-refractivity contribution in [2.24, 2.45) is 0 Å². The van der Waals surface area contributed by atoms with Gasteiger partial charge in [-0.1, -0.05) is 42.5 Å². The van der Waals surface area contributed by atoms with Crippen LogP contribution in [0.3, 0.4) is 0 Å². The number of carbonyl (C=O) groups excluding carboxylic acids is 1. The van der Waals surface area contributed by atoms with Gasteiger partial charge in [0.1, 0.15) is 5.75 Å². The Balaban J connectivity index is 1.77. The lowest BCUT2D eigenvalue weighted by atomic mass is 10.2. The first kappa shape index (κ1) is 12.7. The molecule has 1 amide bonds. The van der Waals surface area contributed by atoms with E-state index in [4.69, 9.17) is 9.47 Å². The van der Waals surface area contributed by atoms with E-state index < -0.39 is 5.79 Å². The molecule has 0 saturated carbocycles. The maximum absolute atomic E-state index is 12.1. The maximum Gasteiger partial charge on any atom is 0.297 e. The Bertz CT molecular complexity index is 627. The molecule has 2 aromatic carbocycles. The fourth-order valence-electron chi connectivity index (χ4n) is 2.04. The zero-order valence-corrected chi connectivity index (χ0v) is 11.1. The third kappa shape index (κ3) is 2.38. The van der Waals surface area contributed by atoms with Crippen molar-refractivity contribution in [2.45, 2.75) is 19.3 Å². The Morgan fingerprint density at radius 3 is 2.60 bits per heavy atom. The largest absolute Gasteiger partial charge is 0.451 e. The van der Waals surface area contributed by atoms with Gasteiger partial charge in [-0.15, -0.1) is 0 Å². The first-order chi connectivity index (χ1) is 9.67. The van der Waals surface area contributed by atoms with Gasteiger partial charge in [0, 0.05) is 6.92 Å². The minimum Gasteiger partial charge on any atom is -0.451 e. The van der Waals surface area contributed by atoms with Crippen molar-refractivity contribution < 1.29 is 14.3 Å². The third-order valence-corrected chi connectivity index (χ3v) is 3.21. The second kappa shape index (κ2) is 4.98. The number of fused-ring (bicyclic) bond motifs is 1. The Morgan fingerprint density at radius 2 is 1.80 bits per heavy atom. The first-order valence-corrected chi connectivity index (χ1v) is 6.45. The predicted molar refractivity (Wildman–Crippen MR) is 75.3 cm³/mol. The molecule has 4 nitrogen and oxygen atoms in total. The van der Waals surface area contributed by atoms with Gasteiger partial charge in [-0.25, -0.2) is 0 Å². The molecule has 0 aromatic heterocycles. The number of amides is 1. The summed E-state index contributed by atoms with van der Waals surface area (Å²) in [7, 11) is 0. The van der Waals surface area contributed by atoms with Crippen molar-refractivity contribution in [2.75, 3.05) is 5.32 Å². The Hall–Kier alpha value is -2.33. The van der Waals surface area contributed by atoms with Crippen LogP contribution in [0, 0.1) is 0 Å². The lowest BCUT2D eigenvalue weighted by Gasteiger charge is -2.34. The molecule has 0 aliphatic carbocycles. The number of anilines is 1. The summed E-state index contributed by atoms with van der Waals surface area (Å²) >= 11 is 0. The zero-order valence-electron chi connectivity index (χ0n) is 11.1. The van der Waals surface area contributed by atoms with E-state index in [9.17, 15) is 4.79 Å². The van der Waals surface area contributed by atoms with Crippen LogP contribution < -0.4 is 10.1 Å². The molecule has 2 aromatic rings. The van der Waals surface area contributed by atoms with E-state index in [0.717, 1.165) is 5.56 Å². The molecule has 102 valence electrons. The smallest absolute Gasteiger partial charge is 0.297 e. The molecule has 1 aliphatic rings. The Kier molecular flexibility index (Phi) is 3.16. The molecule has 1 aliphatic heterocycles. The van der Waals surface area contributed by atoms with Gasteiger partial charge < -0.3 is 14.8 Å². The van der Waals surface area contributed by atoms with Crippen molar-refractivity contribution >= 4 is 11.6 Å². The molecule has 3 rings (SSSR count). The third-order valence-electron chi connectivity index (χ3n) is 3.21. The van der Waals surface area contributed by atoms with Crippen LogP contribution in [0.15, 0.2) is 54.6 Å². The van der Waals surface area contributed by atoms with Gasteiger partial charge >= 0.3 is 0 Å². The van der Waals surface area contributed by atoms with E-state index in [2.05, 4.69) is 5.32 Å². The van der Waals surface area contributed by atoms with Crippen molar-refractivity contribution in [1.29, 1.82) is 0 Å². The predicted octanol–water partition coefficient (Wildman–Crippen LogP) is 2.95. The maximum atomic E-state index is 12.1. The molecule has 20 heavy (non-hydrogen) atoms. The second-order valence-electron chi connectivity index (χ2n) is 4.77. The van der Waals surface area contributed by atoms with Crippen LogP contribution in [-0.2, 0) is 16.1 Å². The normalized spacial score (nSPS) is 20.8. The number of nitrogens with one attached hydrogen (secondary N) is 1. The molecule has 0 spiro atoms. The van der Waals surface area contributed by atoms with Crippen molar-refractivity contribution in [3.05, 3.63) is 60.2 Å². The van der Waals surface area contributed by atoms with Crippen LogP contribution in [0.4, 0.5) is 5.69 Å². The van der Waals surface area contributed by atoms with Gasteiger partial charge in [-0.05, 0) is 17.7 Å². The van der Waals surface area contributed by atoms with Gasteiger partial charge in [-0.3, -0.25) is 4.79 Å². The average molecular weight is 269 g/mol. The molecule has 0 bridgehead atoms. The molecular formula is C16H15NO3. The fourth-order valence-corrected chi connectivity index (χ4v) is 2.04. The summed E-state index contributed by atoms with van der Waals surface area (Å²) in [5.41, 5.74) is 1.65. The van der Waals surface area contributed by atoms with Crippen LogP contribution in [0.2, 0.25) is 0 Å². The van der Waals surface area contributed by atoms with Gasteiger partial charge in [0.25, 0.3) is 11.7 Å². The summed E-state index contributed by atoms with van der Waals surface area (Å²) in [6.45, 7) is 1.94. The van der Waals surface area contributed by atoms with Gasteiger partial charge in [0.15, 0.2) is 0 Å². The van der Waals surface area contributed by atoms with Crippen molar-refractivity contribution in [1.82, 2.24) is 0 Å². The van der Waals surface area contributed by atoms with Gasteiger partial charge in [0.2, 0.25) is 0 Å². The zero-order chi connectivity index (χ0) is 14.0. The molecule has 0 saturated heterocycles. The van der Waals surface area contributed by atoms with Crippen molar-refractivity contribution in [3.8, 4) is 5.75 Å². The summed E-state index contributed by atoms with van der Waals surface area (Å²) in [4.78, 5) is 12.1. The topological polar surface area (TPSA) is 47.6 Å². The molecule has 0 unspecified atom stereocenters. The number of benzene rings is 2. The Morgan fingerprint density at radius 1 is 1.10 bits per heavy atom. The summed E-state index contributed by atoms with van der Waals surface area (Å²) in [5.74, 6) is -1.00. The number of carbonyl (C=O) groups is 1. The van der Waals surface area contributed by atoms with E-state index in [0.29, 0.717) is 18.0 Å².